The zero-order chi connectivity index (χ0) is 9.97. The monoisotopic (exact) mass is 208 g/mol. The lowest BCUT2D eigenvalue weighted by Gasteiger charge is -2.27. The summed E-state index contributed by atoms with van der Waals surface area (Å²) in [5, 5.41) is 3.49. The van der Waals surface area contributed by atoms with Crippen LogP contribution in [0.1, 0.15) is 25.3 Å². The zero-order valence-electron chi connectivity index (χ0n) is 8.66. The Bertz CT molecular complexity index is 308. The van der Waals surface area contributed by atoms with Crippen molar-refractivity contribution in [1.29, 1.82) is 0 Å². The highest BCUT2D eigenvalue weighted by Crippen LogP contribution is 2.23. The number of nitrogens with one attached hydrogen (secondary N) is 1. The predicted molar refractivity (Wildman–Crippen MR) is 63.1 cm³/mol. The second-order valence-corrected chi connectivity index (χ2v) is 5.12. The minimum atomic E-state index is 0.556. The molecular weight excluding hydrogens is 192 g/mol. The Balaban J connectivity index is 2.05. The molecule has 1 fully saturated rings. The highest BCUT2D eigenvalue weighted by Gasteiger charge is 2.17. The Morgan fingerprint density at radius 1 is 1.43 bits per heavy atom. The van der Waals surface area contributed by atoms with Crippen LogP contribution in [-0.4, -0.2) is 22.5 Å². The van der Waals surface area contributed by atoms with E-state index in [4.69, 9.17) is 0 Å². The van der Waals surface area contributed by atoms with Crippen LogP contribution in [0.5, 0.6) is 0 Å². The van der Waals surface area contributed by atoms with Gasteiger partial charge in [0.05, 0.1) is 5.69 Å². The summed E-state index contributed by atoms with van der Waals surface area (Å²) in [4.78, 5) is 4.25. The topological polar surface area (TPSA) is 24.9 Å². The first kappa shape index (κ1) is 9.84. The molecule has 0 atom stereocenters. The molecule has 0 aromatic carbocycles. The largest absolute Gasteiger partial charge is 0.379 e. The summed E-state index contributed by atoms with van der Waals surface area (Å²) in [6.07, 6.45) is 3.86. The van der Waals surface area contributed by atoms with Crippen LogP contribution in [0.3, 0.4) is 0 Å². The van der Waals surface area contributed by atoms with Crippen LogP contribution < -0.4 is 5.32 Å². The first-order valence-corrected chi connectivity index (χ1v) is 6.20. The maximum atomic E-state index is 4.25. The van der Waals surface area contributed by atoms with Crippen LogP contribution in [0, 0.1) is 0 Å². The highest BCUT2D eigenvalue weighted by atomic mass is 32.2. The molecule has 76 valence electrons. The van der Waals surface area contributed by atoms with E-state index in [2.05, 4.69) is 30.2 Å². The molecule has 0 unspecified atom stereocenters. The molecule has 2 nitrogen and oxygen atoms in total. The molecule has 1 aromatic rings. The predicted octanol–water partition coefficient (Wildman–Crippen LogP) is 2.73. The number of nitrogens with zero attached hydrogens (tertiary/aromatic N) is 1. The van der Waals surface area contributed by atoms with Gasteiger partial charge in [0.15, 0.2) is 0 Å². The minimum Gasteiger partial charge on any atom is -0.379 e. The summed E-state index contributed by atoms with van der Waals surface area (Å²) in [5.74, 6) is 3.01. The Labute approximate surface area is 89.5 Å². The Kier molecular flexibility index (Phi) is 2.96. The van der Waals surface area contributed by atoms with Crippen LogP contribution in [0.2, 0.25) is 0 Å². The van der Waals surface area contributed by atoms with Gasteiger partial charge in [-0.1, -0.05) is 13.8 Å². The number of rotatable bonds is 3. The lowest BCUT2D eigenvalue weighted by atomic mass is 10.1. The number of hydrogen-bond acceptors (Lipinski definition) is 3. The third-order valence-corrected chi connectivity index (χ3v) is 3.71. The van der Waals surface area contributed by atoms with E-state index < -0.39 is 0 Å². The summed E-state index contributed by atoms with van der Waals surface area (Å²) >= 11 is 1.99. The van der Waals surface area contributed by atoms with Gasteiger partial charge in [-0.15, -0.1) is 0 Å². The van der Waals surface area contributed by atoms with Crippen molar-refractivity contribution >= 4 is 17.4 Å². The molecule has 0 amide bonds. The SMILES string of the molecule is CC(C)c1cncc(NC2CSC2)c1. The first-order chi connectivity index (χ1) is 6.75. The van der Waals surface area contributed by atoms with Crippen molar-refractivity contribution in [3.8, 4) is 0 Å². The van der Waals surface area contributed by atoms with E-state index in [1.54, 1.807) is 0 Å². The number of thioether (sulfide) groups is 1. The maximum Gasteiger partial charge on any atom is 0.0532 e. The van der Waals surface area contributed by atoms with E-state index in [1.165, 1.54) is 22.8 Å². The van der Waals surface area contributed by atoms with Gasteiger partial charge in [-0.2, -0.15) is 11.8 Å². The quantitative estimate of drug-likeness (QED) is 0.826. The Morgan fingerprint density at radius 3 is 2.79 bits per heavy atom. The van der Waals surface area contributed by atoms with Crippen LogP contribution in [0.15, 0.2) is 18.5 Å². The van der Waals surface area contributed by atoms with Crippen molar-refractivity contribution in [3.63, 3.8) is 0 Å². The van der Waals surface area contributed by atoms with Crippen molar-refractivity contribution in [2.45, 2.75) is 25.8 Å². The molecule has 0 radical (unpaired) electrons. The van der Waals surface area contributed by atoms with Crippen LogP contribution in [0.4, 0.5) is 5.69 Å². The average molecular weight is 208 g/mol. The van der Waals surface area contributed by atoms with Crippen molar-refractivity contribution in [1.82, 2.24) is 4.98 Å². The molecular formula is C11H16N2S. The second-order valence-electron chi connectivity index (χ2n) is 4.04. The molecule has 2 heterocycles. The fraction of sp³-hybridized carbons (Fsp3) is 0.545. The van der Waals surface area contributed by atoms with Crippen LogP contribution in [0.25, 0.3) is 0 Å². The van der Waals surface area contributed by atoms with Gasteiger partial charge >= 0.3 is 0 Å². The summed E-state index contributed by atoms with van der Waals surface area (Å²) in [7, 11) is 0. The number of pyridine rings is 1. The summed E-state index contributed by atoms with van der Waals surface area (Å²) in [6, 6.07) is 2.87. The maximum absolute atomic E-state index is 4.25. The summed E-state index contributed by atoms with van der Waals surface area (Å²) in [6.45, 7) is 4.39. The van der Waals surface area contributed by atoms with Gasteiger partial charge in [-0.3, -0.25) is 4.98 Å². The van der Waals surface area contributed by atoms with Gasteiger partial charge in [0.25, 0.3) is 0 Å². The van der Waals surface area contributed by atoms with Crippen LogP contribution in [-0.2, 0) is 0 Å². The number of anilines is 1. The highest BCUT2D eigenvalue weighted by molar-refractivity contribution is 8.00. The fourth-order valence-electron chi connectivity index (χ4n) is 1.41. The molecule has 0 spiro atoms. The van der Waals surface area contributed by atoms with Gasteiger partial charge in [0, 0.05) is 29.9 Å². The Morgan fingerprint density at radius 2 is 2.21 bits per heavy atom. The smallest absolute Gasteiger partial charge is 0.0532 e. The van der Waals surface area contributed by atoms with Crippen molar-refractivity contribution in [3.05, 3.63) is 24.0 Å². The number of aromatic nitrogens is 1. The first-order valence-electron chi connectivity index (χ1n) is 5.05. The van der Waals surface area contributed by atoms with E-state index in [1.807, 2.05) is 24.2 Å². The summed E-state index contributed by atoms with van der Waals surface area (Å²) < 4.78 is 0. The standard InChI is InChI=1S/C11H16N2S/c1-8(2)9-3-10(5-12-4-9)13-11-6-14-7-11/h3-5,8,11,13H,6-7H2,1-2H3. The molecule has 0 saturated carbocycles. The van der Waals surface area contributed by atoms with Gasteiger partial charge in [-0.05, 0) is 17.5 Å². The molecule has 1 aliphatic heterocycles. The molecule has 0 aliphatic carbocycles. The normalized spacial score (nSPS) is 16.8. The van der Waals surface area contributed by atoms with Crippen molar-refractivity contribution in [2.24, 2.45) is 0 Å². The minimum absolute atomic E-state index is 0.556. The van der Waals surface area contributed by atoms with Crippen molar-refractivity contribution in [2.75, 3.05) is 16.8 Å². The molecule has 1 saturated heterocycles. The van der Waals surface area contributed by atoms with E-state index in [0.717, 1.165) is 0 Å². The van der Waals surface area contributed by atoms with Crippen LogP contribution >= 0.6 is 11.8 Å². The zero-order valence-corrected chi connectivity index (χ0v) is 9.47. The third kappa shape index (κ3) is 2.21. The van der Waals surface area contributed by atoms with E-state index in [-0.39, 0.29) is 0 Å². The van der Waals surface area contributed by atoms with E-state index in [0.29, 0.717) is 12.0 Å². The average Bonchev–Trinajstić information content (AvgIpc) is 2.12. The van der Waals surface area contributed by atoms with E-state index >= 15 is 0 Å². The lowest BCUT2D eigenvalue weighted by molar-refractivity contribution is 0.849. The molecule has 0 bridgehead atoms. The molecule has 2 rings (SSSR count). The molecule has 1 aliphatic rings. The van der Waals surface area contributed by atoms with Crippen molar-refractivity contribution < 1.29 is 0 Å². The number of hydrogen-bond donors (Lipinski definition) is 1. The van der Waals surface area contributed by atoms with Gasteiger partial charge in [-0.25, -0.2) is 0 Å². The summed E-state index contributed by atoms with van der Waals surface area (Å²) in [5.41, 5.74) is 2.48. The van der Waals surface area contributed by atoms with Gasteiger partial charge in [0.2, 0.25) is 0 Å². The molecule has 14 heavy (non-hydrogen) atoms. The van der Waals surface area contributed by atoms with Gasteiger partial charge in [0.1, 0.15) is 0 Å². The molecule has 1 N–H and O–H groups in total. The Hall–Kier alpha value is -0.700. The van der Waals surface area contributed by atoms with E-state index in [9.17, 15) is 0 Å². The van der Waals surface area contributed by atoms with Gasteiger partial charge < -0.3 is 5.32 Å². The third-order valence-electron chi connectivity index (χ3n) is 2.43. The molecule has 1 aromatic heterocycles. The lowest BCUT2D eigenvalue weighted by Crippen LogP contribution is -2.33. The molecule has 3 heteroatoms. The fourth-order valence-corrected chi connectivity index (χ4v) is 2.05. The second kappa shape index (κ2) is 4.22.